The lowest BCUT2D eigenvalue weighted by molar-refractivity contribution is -0.385. The summed E-state index contributed by atoms with van der Waals surface area (Å²) in [6.45, 7) is 8.82. The summed E-state index contributed by atoms with van der Waals surface area (Å²) in [7, 11) is 7.51. The molecule has 2 N–H and O–H groups in total. The number of rotatable bonds is 15. The van der Waals surface area contributed by atoms with Crippen molar-refractivity contribution in [3.8, 4) is 11.5 Å². The van der Waals surface area contributed by atoms with Crippen LogP contribution in [0.3, 0.4) is 0 Å². The summed E-state index contributed by atoms with van der Waals surface area (Å²) in [5.41, 5.74) is 3.86. The number of urea groups is 1. The van der Waals surface area contributed by atoms with Crippen molar-refractivity contribution in [1.29, 1.82) is 0 Å². The molecule has 5 heterocycles. The molecule has 8 aromatic rings. The molecule has 2 saturated heterocycles. The molecule has 5 atom stereocenters. The molecule has 0 bridgehead atoms. The van der Waals surface area contributed by atoms with E-state index in [0.29, 0.717) is 35.7 Å². The maximum atomic E-state index is 14.5. The van der Waals surface area contributed by atoms with Gasteiger partial charge in [0.2, 0.25) is 0 Å². The number of halogens is 7. The monoisotopic (exact) mass is 1490 g/mol. The van der Waals surface area contributed by atoms with E-state index < -0.39 is 69.4 Å². The first-order valence-corrected chi connectivity index (χ1v) is 35.2. The zero-order chi connectivity index (χ0) is 76.8. The number of nitrogens with one attached hydrogen (secondary N) is 1. The van der Waals surface area contributed by atoms with E-state index in [1.165, 1.54) is 98.0 Å². The predicted molar refractivity (Wildman–Crippen MR) is 401 cm³/mol. The average Bonchev–Trinajstić information content (AvgIpc) is 1.69. The van der Waals surface area contributed by atoms with Crippen LogP contribution in [0.25, 0.3) is 16.7 Å². The molecule has 8 aromatic carbocycles. The van der Waals surface area contributed by atoms with E-state index in [-0.39, 0.29) is 70.8 Å². The smallest absolute Gasteiger partial charge is 0.416 e. The van der Waals surface area contributed by atoms with Crippen molar-refractivity contribution in [2.45, 2.75) is 50.6 Å². The maximum Gasteiger partial charge on any atom is 0.416 e. The summed E-state index contributed by atoms with van der Waals surface area (Å²) in [6, 6.07) is 47.5. The lowest BCUT2D eigenvalue weighted by Gasteiger charge is -2.35. The second kappa shape index (κ2) is 38.7. The van der Waals surface area contributed by atoms with E-state index in [1.54, 1.807) is 22.7 Å². The Bertz CT molecular complexity index is 4440. The summed E-state index contributed by atoms with van der Waals surface area (Å²) < 4.78 is 93.6. The summed E-state index contributed by atoms with van der Waals surface area (Å²) in [5, 5.41) is 34.2. The molecule has 0 saturated carbocycles. The van der Waals surface area contributed by atoms with E-state index in [1.807, 2.05) is 122 Å². The molecule has 27 heteroatoms. The second-order valence-corrected chi connectivity index (χ2v) is 26.9. The van der Waals surface area contributed by atoms with Gasteiger partial charge in [-0.2, -0.15) is 0 Å². The van der Waals surface area contributed by atoms with Gasteiger partial charge in [0.25, 0.3) is 11.4 Å². The van der Waals surface area contributed by atoms with Gasteiger partial charge in [-0.15, -0.1) is 0 Å². The minimum absolute atomic E-state index is 0.00570. The number of ether oxygens (including phenoxy) is 2. The van der Waals surface area contributed by atoms with Crippen molar-refractivity contribution < 1.29 is 65.1 Å². The third kappa shape index (κ3) is 22.8. The first-order chi connectivity index (χ1) is 51.3. The first kappa shape index (κ1) is 80.6. The molecule has 13 rings (SSSR count). The lowest BCUT2D eigenvalue weighted by Crippen LogP contribution is -2.45. The minimum atomic E-state index is -0.978. The fourth-order valence-electron chi connectivity index (χ4n) is 13.5. The van der Waals surface area contributed by atoms with E-state index in [9.17, 15) is 66.0 Å². The number of nitrogens with zero attached hydrogens (tertiary/aromatic N) is 8. The first-order valence-electron chi connectivity index (χ1n) is 34.8. The van der Waals surface area contributed by atoms with E-state index in [4.69, 9.17) is 16.3 Å². The van der Waals surface area contributed by atoms with Gasteiger partial charge in [-0.05, 0) is 197 Å². The Hall–Kier alpha value is -10.5. The number of benzene rings is 8. The second-order valence-electron chi connectivity index (χ2n) is 26.5. The number of piperidine rings is 2. The number of carbonyl (C=O) groups is 3. The number of nitro groups is 2. The van der Waals surface area contributed by atoms with Crippen LogP contribution in [0.2, 0.25) is 6.82 Å². The van der Waals surface area contributed by atoms with Crippen molar-refractivity contribution in [2.75, 3.05) is 87.1 Å². The Kier molecular flexibility index (Phi) is 29.2. The fourth-order valence-corrected chi connectivity index (χ4v) is 13.6. The van der Waals surface area contributed by atoms with Crippen LogP contribution in [0, 0.1) is 67.0 Å². The zero-order valence-electron chi connectivity index (χ0n) is 59.7. The van der Waals surface area contributed by atoms with Gasteiger partial charge in [0.1, 0.15) is 46.4 Å². The van der Waals surface area contributed by atoms with Crippen molar-refractivity contribution in [2.24, 2.45) is 11.8 Å². The van der Waals surface area contributed by atoms with Crippen LogP contribution in [0.4, 0.5) is 52.1 Å². The molecule has 5 unspecified atom stereocenters. The van der Waals surface area contributed by atoms with Gasteiger partial charge in [-0.25, -0.2) is 40.7 Å². The molecule has 0 radical (unpaired) electrons. The minimum Gasteiger partial charge on any atom is -0.437 e. The van der Waals surface area contributed by atoms with E-state index in [2.05, 4.69) is 33.9 Å². The van der Waals surface area contributed by atoms with Crippen LogP contribution in [0.15, 0.2) is 212 Å². The Morgan fingerprint density at radius 3 is 1.35 bits per heavy atom. The molecule has 19 nitrogen and oxygen atoms in total. The molecule has 560 valence electrons. The Morgan fingerprint density at radius 2 is 0.935 bits per heavy atom. The molecule has 0 aromatic heterocycles. The quantitative estimate of drug-likeness (QED) is 0.0322. The van der Waals surface area contributed by atoms with Crippen molar-refractivity contribution in [3.05, 3.63) is 301 Å². The number of hydrogen-bond acceptors (Lipinski definition) is 14. The van der Waals surface area contributed by atoms with Crippen LogP contribution in [-0.2, 0) is 0 Å². The molecule has 2 fully saturated rings. The van der Waals surface area contributed by atoms with Gasteiger partial charge in [0.05, 0.1) is 28.5 Å². The molecule has 107 heavy (non-hydrogen) atoms. The lowest BCUT2D eigenvalue weighted by atomic mass is 9.83. The molecular weight excluding hydrogens is 1410 g/mol. The van der Waals surface area contributed by atoms with Gasteiger partial charge in [-0.1, -0.05) is 109 Å². The highest BCUT2D eigenvalue weighted by Crippen LogP contribution is 2.40. The molecule has 0 spiro atoms. The third-order valence-corrected chi connectivity index (χ3v) is 18.7. The Balaban J connectivity index is 0.000000163. The molecular formula is C80H83BClF6N9O10. The molecule has 5 aliphatic heterocycles. The van der Waals surface area contributed by atoms with Crippen LogP contribution in [-0.4, -0.2) is 156 Å². The van der Waals surface area contributed by atoms with Crippen molar-refractivity contribution >= 4 is 64.3 Å². The molecule has 3 amide bonds. The zero-order valence-corrected chi connectivity index (χ0v) is 60.5. The molecule has 0 aliphatic carbocycles. The number of nitro benzene ring substituents is 2. The van der Waals surface area contributed by atoms with Crippen LogP contribution in [0.5, 0.6) is 11.5 Å². The highest BCUT2D eigenvalue weighted by atomic mass is 35.5. The van der Waals surface area contributed by atoms with E-state index >= 15 is 0 Å². The van der Waals surface area contributed by atoms with Crippen molar-refractivity contribution in [3.63, 3.8) is 0 Å². The SMILES string of the molecule is CB(O)N1CC(c2cc(F)ccc2F)=CC1c1ccccc1.CN1CCCC(CN(C)C(=O)N2CC(c3cc(F)ccc3F)=CC2c2ccccc2)C1.CNCC1CCCN(C)C1.O=C(Cl)Oc1ccc([N+](=O)[O-])cc1.O=C(Oc1ccc([N+](=O)[O-])cc1)N1CC(c2cc(F)ccc2F)=CC1c1ccccc1. The summed E-state index contributed by atoms with van der Waals surface area (Å²) in [5.74, 6) is -1.42. The normalized spacial score (nSPS) is 18.4. The summed E-state index contributed by atoms with van der Waals surface area (Å²) in [6.07, 6.45) is 9.79. The Morgan fingerprint density at radius 1 is 0.551 bits per heavy atom. The van der Waals surface area contributed by atoms with Gasteiger partial charge in [0.15, 0.2) is 0 Å². The standard InChI is InChI=1S/C25H29F2N3O.C23H16F2N2O4.C17H16BF2NO.C8H18N2.C7H4ClNO4/c1-28-12-6-7-18(15-28)16-29(2)25(31)30-17-20(22-14-21(26)10-11-23(22)27)13-24(30)19-8-4-3-5-9-19;24-17-6-11-21(25)20(13-17)16-12-22(15-4-2-1-3-5-15)26(14-16)23(28)31-19-9-7-18(8-10-19)27(29)30;1-18(22)21-11-13(15-10-14(19)7-8-16(15)20)9-17(21)12-5-3-2-4-6-12;1-9-6-8-4-3-5-10(2)7-8;8-7(10)13-6-3-1-5(2-4-6)9(11)12/h3-5,8-11,13-14,18,24H,6-7,12,15-17H2,1-2H3;1-13,22H,14H2;2-10,17,22H,11H2,1H3;8-9H,3-7H2,1-2H3;1-4H. The molecule has 5 aliphatic rings. The van der Waals surface area contributed by atoms with Gasteiger partial charge < -0.3 is 44.2 Å². The number of non-ortho nitro benzene ring substituents is 2. The number of carbonyl (C=O) groups excluding carboxylic acids is 3. The van der Waals surface area contributed by atoms with Crippen LogP contribution < -0.4 is 14.8 Å². The maximum absolute atomic E-state index is 14.5. The van der Waals surface area contributed by atoms with Crippen LogP contribution in [0.1, 0.15) is 77.2 Å². The highest BCUT2D eigenvalue weighted by Gasteiger charge is 2.37. The summed E-state index contributed by atoms with van der Waals surface area (Å²) >= 11 is 4.92. The largest absolute Gasteiger partial charge is 0.437 e. The predicted octanol–water partition coefficient (Wildman–Crippen LogP) is 16.7. The fraction of sp³-hybridized carbons (Fsp3) is 0.287. The average molecular weight is 1490 g/mol. The number of hydrogen-bond donors (Lipinski definition) is 2. The topological polar surface area (TPSA) is 208 Å². The van der Waals surface area contributed by atoms with Gasteiger partial charge in [-0.3, -0.25) is 25.1 Å². The van der Waals surface area contributed by atoms with E-state index in [0.717, 1.165) is 91.0 Å². The number of likely N-dealkylation sites (tertiary alicyclic amines) is 2. The van der Waals surface area contributed by atoms with Crippen LogP contribution >= 0.6 is 11.6 Å². The third-order valence-electron chi connectivity index (χ3n) is 18.6. The highest BCUT2D eigenvalue weighted by molar-refractivity contribution is 6.61. The van der Waals surface area contributed by atoms with Gasteiger partial charge >= 0.3 is 24.6 Å². The number of amides is 3. The Labute approximate surface area is 623 Å². The van der Waals surface area contributed by atoms with Gasteiger partial charge in [0, 0.05) is 98.4 Å². The summed E-state index contributed by atoms with van der Waals surface area (Å²) in [4.78, 5) is 68.0. The van der Waals surface area contributed by atoms with Crippen molar-refractivity contribution in [1.82, 2.24) is 34.6 Å².